The highest BCUT2D eigenvalue weighted by Gasteiger charge is 2.38. The molecule has 1 N–H and O–H groups in total. The molecule has 28 heavy (non-hydrogen) atoms. The number of hydrogen-bond acceptors (Lipinski definition) is 8. The van der Waals surface area contributed by atoms with Gasteiger partial charge in [-0.05, 0) is 31.5 Å². The van der Waals surface area contributed by atoms with E-state index in [9.17, 15) is 9.59 Å². The lowest BCUT2D eigenvalue weighted by molar-refractivity contribution is -0.137. The van der Waals surface area contributed by atoms with E-state index in [1.807, 2.05) is 0 Å². The third kappa shape index (κ3) is 3.62. The first-order valence-corrected chi connectivity index (χ1v) is 8.49. The first kappa shape index (κ1) is 21.1. The molecule has 1 aliphatic rings. The van der Waals surface area contributed by atoms with E-state index in [1.165, 1.54) is 35.5 Å². The van der Waals surface area contributed by atoms with Crippen LogP contribution >= 0.6 is 0 Å². The topological polar surface area (TPSA) is 92.3 Å². The van der Waals surface area contributed by atoms with E-state index in [4.69, 9.17) is 23.7 Å². The van der Waals surface area contributed by atoms with E-state index in [-0.39, 0.29) is 0 Å². The standard InChI is InChI=1S/C20H25NO7/c1-10-15(19(22)27-6)17(16(11(2)21-10)20(23)28-7)12-8-13(24-3)18(26-5)14(9-12)25-4/h8-9,17,21H,1-7H3. The largest absolute Gasteiger partial charge is 0.493 e. The van der Waals surface area contributed by atoms with Gasteiger partial charge in [0.2, 0.25) is 5.75 Å². The maximum absolute atomic E-state index is 12.6. The SMILES string of the molecule is COC(=O)C1=C(C)NC(C)=C(C(=O)OC)C1c1cc(OC)c(OC)c(OC)c1. The first-order valence-electron chi connectivity index (χ1n) is 8.49. The third-order valence-electron chi connectivity index (χ3n) is 4.59. The number of dihydropyridines is 1. The van der Waals surface area contributed by atoms with Crippen LogP contribution in [0, 0.1) is 0 Å². The molecule has 8 heteroatoms. The van der Waals surface area contributed by atoms with E-state index in [0.717, 1.165) is 0 Å². The van der Waals surface area contributed by atoms with Gasteiger partial charge >= 0.3 is 11.9 Å². The van der Waals surface area contributed by atoms with Crippen LogP contribution in [0.5, 0.6) is 17.2 Å². The minimum absolute atomic E-state index is 0.294. The lowest BCUT2D eigenvalue weighted by atomic mass is 9.80. The Morgan fingerprint density at radius 2 is 1.21 bits per heavy atom. The number of allylic oxidation sites excluding steroid dienone is 2. The molecule has 1 aromatic carbocycles. The van der Waals surface area contributed by atoms with Crippen LogP contribution in [0.4, 0.5) is 0 Å². The van der Waals surface area contributed by atoms with Gasteiger partial charge in [0.05, 0.1) is 52.6 Å². The zero-order valence-corrected chi connectivity index (χ0v) is 17.1. The third-order valence-corrected chi connectivity index (χ3v) is 4.59. The number of rotatable bonds is 6. The molecule has 0 unspecified atom stereocenters. The summed E-state index contributed by atoms with van der Waals surface area (Å²) >= 11 is 0. The van der Waals surface area contributed by atoms with Crippen LogP contribution in [0.2, 0.25) is 0 Å². The number of hydrogen-bond donors (Lipinski definition) is 1. The summed E-state index contributed by atoms with van der Waals surface area (Å²) in [5.74, 6) is -0.647. The monoisotopic (exact) mass is 391 g/mol. The molecular formula is C20H25NO7. The molecule has 0 radical (unpaired) electrons. The molecule has 0 saturated heterocycles. The molecule has 1 heterocycles. The second-order valence-corrected chi connectivity index (χ2v) is 6.08. The van der Waals surface area contributed by atoms with Crippen molar-refractivity contribution < 1.29 is 33.3 Å². The van der Waals surface area contributed by atoms with Gasteiger partial charge in [0.1, 0.15) is 0 Å². The summed E-state index contributed by atoms with van der Waals surface area (Å²) in [6, 6.07) is 3.40. The Hall–Kier alpha value is -3.16. The number of esters is 2. The van der Waals surface area contributed by atoms with E-state index in [1.54, 1.807) is 26.0 Å². The Morgan fingerprint density at radius 1 is 0.786 bits per heavy atom. The fourth-order valence-electron chi connectivity index (χ4n) is 3.36. The Labute approximate surface area is 164 Å². The van der Waals surface area contributed by atoms with Gasteiger partial charge in [0.15, 0.2) is 11.5 Å². The highest BCUT2D eigenvalue weighted by molar-refractivity contribution is 5.99. The minimum Gasteiger partial charge on any atom is -0.493 e. The highest BCUT2D eigenvalue weighted by Crippen LogP contribution is 2.45. The van der Waals surface area contributed by atoms with E-state index in [0.29, 0.717) is 45.4 Å². The zero-order chi connectivity index (χ0) is 21.0. The summed E-state index contributed by atoms with van der Waals surface area (Å²) in [4.78, 5) is 25.1. The Bertz CT molecular complexity index is 791. The predicted octanol–water partition coefficient (Wildman–Crippen LogP) is 2.29. The van der Waals surface area contributed by atoms with Gasteiger partial charge in [-0.1, -0.05) is 0 Å². The number of benzene rings is 1. The molecule has 1 aromatic rings. The highest BCUT2D eigenvalue weighted by atomic mass is 16.5. The summed E-state index contributed by atoms with van der Waals surface area (Å²) in [6.45, 7) is 3.49. The molecule has 0 amide bonds. The van der Waals surface area contributed by atoms with Crippen LogP contribution < -0.4 is 19.5 Å². The van der Waals surface area contributed by atoms with Crippen LogP contribution in [0.25, 0.3) is 0 Å². The number of nitrogens with one attached hydrogen (secondary N) is 1. The Balaban J connectivity index is 2.82. The van der Waals surface area contributed by atoms with Crippen molar-refractivity contribution in [3.63, 3.8) is 0 Å². The van der Waals surface area contributed by atoms with Crippen molar-refractivity contribution in [1.82, 2.24) is 5.32 Å². The summed E-state index contributed by atoms with van der Waals surface area (Å²) < 4.78 is 26.1. The van der Waals surface area contributed by atoms with Gasteiger partial charge in [-0.2, -0.15) is 0 Å². The van der Waals surface area contributed by atoms with Crippen LogP contribution in [0.3, 0.4) is 0 Å². The maximum atomic E-state index is 12.6. The lowest BCUT2D eigenvalue weighted by Gasteiger charge is -2.30. The normalized spacial score (nSPS) is 14.4. The van der Waals surface area contributed by atoms with Gasteiger partial charge in [0.25, 0.3) is 0 Å². The predicted molar refractivity (Wildman–Crippen MR) is 101 cm³/mol. The molecule has 1 aliphatic heterocycles. The smallest absolute Gasteiger partial charge is 0.336 e. The second-order valence-electron chi connectivity index (χ2n) is 6.08. The van der Waals surface area contributed by atoms with Crippen LogP contribution in [0.15, 0.2) is 34.7 Å². The number of ether oxygens (including phenoxy) is 5. The van der Waals surface area contributed by atoms with E-state index >= 15 is 0 Å². The zero-order valence-electron chi connectivity index (χ0n) is 17.1. The average Bonchev–Trinajstić information content (AvgIpc) is 2.70. The maximum Gasteiger partial charge on any atom is 0.336 e. The Kier molecular flexibility index (Phi) is 6.56. The molecule has 0 saturated carbocycles. The summed E-state index contributed by atoms with van der Waals surface area (Å²) in [5, 5.41) is 3.06. The van der Waals surface area contributed by atoms with Crippen LogP contribution in [-0.2, 0) is 19.1 Å². The fourth-order valence-corrected chi connectivity index (χ4v) is 3.36. The quantitative estimate of drug-likeness (QED) is 0.739. The molecule has 8 nitrogen and oxygen atoms in total. The lowest BCUT2D eigenvalue weighted by Crippen LogP contribution is -2.32. The van der Waals surface area contributed by atoms with Crippen molar-refractivity contribution >= 4 is 11.9 Å². The summed E-state index contributed by atoms with van der Waals surface area (Å²) in [7, 11) is 7.07. The van der Waals surface area contributed by atoms with Gasteiger partial charge in [-0.15, -0.1) is 0 Å². The van der Waals surface area contributed by atoms with E-state index < -0.39 is 17.9 Å². The summed E-state index contributed by atoms with van der Waals surface area (Å²) in [5.41, 5.74) is 2.34. The van der Waals surface area contributed by atoms with Gasteiger partial charge in [-0.25, -0.2) is 9.59 Å². The molecular weight excluding hydrogens is 366 g/mol. The molecule has 0 spiro atoms. The van der Waals surface area contributed by atoms with Crippen molar-refractivity contribution in [2.45, 2.75) is 19.8 Å². The van der Waals surface area contributed by atoms with Gasteiger partial charge in [0, 0.05) is 11.4 Å². The average molecular weight is 391 g/mol. The van der Waals surface area contributed by atoms with E-state index in [2.05, 4.69) is 5.32 Å². The molecule has 0 bridgehead atoms. The first-order chi connectivity index (χ1) is 13.3. The number of methoxy groups -OCH3 is 5. The molecule has 0 fully saturated rings. The van der Waals surface area contributed by atoms with Gasteiger partial charge < -0.3 is 29.0 Å². The fraction of sp³-hybridized carbons (Fsp3) is 0.400. The molecule has 0 aliphatic carbocycles. The van der Waals surface area contributed by atoms with Crippen LogP contribution in [-0.4, -0.2) is 47.5 Å². The van der Waals surface area contributed by atoms with Crippen molar-refractivity contribution in [1.29, 1.82) is 0 Å². The molecule has 0 aromatic heterocycles. The van der Waals surface area contributed by atoms with Crippen molar-refractivity contribution in [3.05, 3.63) is 40.2 Å². The molecule has 152 valence electrons. The van der Waals surface area contributed by atoms with Crippen molar-refractivity contribution in [3.8, 4) is 17.2 Å². The molecule has 0 atom stereocenters. The van der Waals surface area contributed by atoms with Crippen LogP contribution in [0.1, 0.15) is 25.3 Å². The Morgan fingerprint density at radius 3 is 1.54 bits per heavy atom. The number of carbonyl (C=O) groups is 2. The van der Waals surface area contributed by atoms with Crippen molar-refractivity contribution in [2.75, 3.05) is 35.5 Å². The molecule has 2 rings (SSSR count). The van der Waals surface area contributed by atoms with Crippen molar-refractivity contribution in [2.24, 2.45) is 0 Å². The minimum atomic E-state index is -0.741. The van der Waals surface area contributed by atoms with Gasteiger partial charge in [-0.3, -0.25) is 0 Å². The number of carbonyl (C=O) groups excluding carboxylic acids is 2. The summed E-state index contributed by atoms with van der Waals surface area (Å²) in [6.07, 6.45) is 0. The second kappa shape index (κ2) is 8.69.